The van der Waals surface area contributed by atoms with Crippen molar-refractivity contribution in [1.29, 1.82) is 0 Å². The van der Waals surface area contributed by atoms with Crippen LogP contribution in [0.4, 0.5) is 0 Å². The van der Waals surface area contributed by atoms with Crippen molar-refractivity contribution in [1.82, 2.24) is 0 Å². The Morgan fingerprint density at radius 2 is 1.74 bits per heavy atom. The van der Waals surface area contributed by atoms with Gasteiger partial charge in [-0.25, -0.2) is 4.79 Å². The Bertz CT molecular complexity index is 1080. The van der Waals surface area contributed by atoms with Gasteiger partial charge in [-0.3, -0.25) is 0 Å². The summed E-state index contributed by atoms with van der Waals surface area (Å²) in [5.74, 6) is 3.04. The van der Waals surface area contributed by atoms with Crippen LogP contribution >= 0.6 is 11.6 Å². The standard InChI is InChI=1S/C29H33ClO4/c1-3-33-27(32)8-6-22-12-23(30)14-24(28(22)34-4-2)21-5-7-26(31)25(13-21)29-15-18-9-19(16-29)11-20(10-18)17-29/h5-8,12-14,18-20,31H,3-4,9-11,15-17H2,1-2H3. The molecule has 4 nitrogen and oxygen atoms in total. The molecule has 0 unspecified atom stereocenters. The first-order valence-corrected chi connectivity index (χ1v) is 12.9. The molecule has 4 aliphatic carbocycles. The van der Waals surface area contributed by atoms with Gasteiger partial charge in [-0.1, -0.05) is 17.7 Å². The molecule has 5 heteroatoms. The number of carbonyl (C=O) groups excluding carboxylic acids is 1. The topological polar surface area (TPSA) is 55.8 Å². The van der Waals surface area contributed by atoms with Gasteiger partial charge in [-0.15, -0.1) is 0 Å². The van der Waals surface area contributed by atoms with Gasteiger partial charge in [0.2, 0.25) is 0 Å². The summed E-state index contributed by atoms with van der Waals surface area (Å²) in [6.45, 7) is 4.52. The number of phenols is 1. The molecule has 4 bridgehead atoms. The third-order valence-electron chi connectivity index (χ3n) is 7.97. The second-order valence-corrected chi connectivity index (χ2v) is 10.8. The van der Waals surface area contributed by atoms with Gasteiger partial charge in [0.15, 0.2) is 0 Å². The lowest BCUT2D eigenvalue weighted by Crippen LogP contribution is -2.48. The van der Waals surface area contributed by atoms with Gasteiger partial charge in [0, 0.05) is 27.8 Å². The normalized spacial score (nSPS) is 27.3. The Labute approximate surface area is 206 Å². The zero-order valence-corrected chi connectivity index (χ0v) is 20.7. The quantitative estimate of drug-likeness (QED) is 0.337. The lowest BCUT2D eigenvalue weighted by atomic mass is 9.48. The van der Waals surface area contributed by atoms with Crippen molar-refractivity contribution in [3.8, 4) is 22.6 Å². The van der Waals surface area contributed by atoms with Crippen molar-refractivity contribution >= 4 is 23.6 Å². The van der Waals surface area contributed by atoms with Gasteiger partial charge in [0.05, 0.1) is 13.2 Å². The van der Waals surface area contributed by atoms with E-state index in [1.807, 2.05) is 25.1 Å². The fourth-order valence-electron chi connectivity index (χ4n) is 7.18. The lowest BCUT2D eigenvalue weighted by molar-refractivity contribution is -0.137. The fourth-order valence-corrected chi connectivity index (χ4v) is 7.40. The highest BCUT2D eigenvalue weighted by Gasteiger charge is 2.52. The average molecular weight is 481 g/mol. The van der Waals surface area contributed by atoms with Crippen LogP contribution in [-0.4, -0.2) is 24.3 Å². The van der Waals surface area contributed by atoms with E-state index >= 15 is 0 Å². The molecule has 180 valence electrons. The molecule has 0 amide bonds. The van der Waals surface area contributed by atoms with E-state index in [4.69, 9.17) is 21.1 Å². The average Bonchev–Trinajstić information content (AvgIpc) is 2.78. The van der Waals surface area contributed by atoms with E-state index in [-0.39, 0.29) is 5.41 Å². The number of benzene rings is 2. The SMILES string of the molecule is CCOC(=O)C=Cc1cc(Cl)cc(-c2ccc(O)c(C34CC5CC(CC(C5)C3)C4)c2)c1OCC. The molecule has 1 N–H and O–H groups in total. The van der Waals surface area contributed by atoms with Crippen molar-refractivity contribution < 1.29 is 19.4 Å². The number of halogens is 1. The highest BCUT2D eigenvalue weighted by atomic mass is 35.5. The minimum absolute atomic E-state index is 0.0752. The van der Waals surface area contributed by atoms with Crippen LogP contribution in [0.2, 0.25) is 5.02 Å². The Balaban J connectivity index is 1.57. The summed E-state index contributed by atoms with van der Waals surface area (Å²) in [4.78, 5) is 11.9. The second kappa shape index (κ2) is 9.30. The summed E-state index contributed by atoms with van der Waals surface area (Å²) in [6.07, 6.45) is 10.7. The predicted molar refractivity (Wildman–Crippen MR) is 135 cm³/mol. The van der Waals surface area contributed by atoms with Crippen LogP contribution < -0.4 is 4.74 Å². The first-order chi connectivity index (χ1) is 16.4. The largest absolute Gasteiger partial charge is 0.508 e. The van der Waals surface area contributed by atoms with E-state index in [9.17, 15) is 9.90 Å². The maximum atomic E-state index is 11.9. The summed E-state index contributed by atoms with van der Waals surface area (Å²) in [7, 11) is 0. The van der Waals surface area contributed by atoms with Gasteiger partial charge >= 0.3 is 5.97 Å². The number of ether oxygens (including phenoxy) is 2. The van der Waals surface area contributed by atoms with Crippen molar-refractivity contribution in [3.05, 3.63) is 52.6 Å². The molecule has 2 aromatic carbocycles. The number of rotatable bonds is 7. The summed E-state index contributed by atoms with van der Waals surface area (Å²) in [6, 6.07) is 9.63. The van der Waals surface area contributed by atoms with E-state index in [0.717, 1.165) is 40.0 Å². The molecule has 4 aliphatic rings. The van der Waals surface area contributed by atoms with Crippen LogP contribution in [0, 0.1) is 17.8 Å². The van der Waals surface area contributed by atoms with Crippen LogP contribution in [0.15, 0.2) is 36.4 Å². The molecule has 0 radical (unpaired) electrons. The minimum atomic E-state index is -0.403. The minimum Gasteiger partial charge on any atom is -0.508 e. The molecule has 0 saturated heterocycles. The van der Waals surface area contributed by atoms with Crippen molar-refractivity contribution in [2.24, 2.45) is 17.8 Å². The smallest absolute Gasteiger partial charge is 0.330 e. The molecule has 0 heterocycles. The molecule has 0 atom stereocenters. The zero-order chi connectivity index (χ0) is 23.9. The Kier molecular flexibility index (Phi) is 6.37. The third-order valence-corrected chi connectivity index (χ3v) is 8.19. The summed E-state index contributed by atoms with van der Waals surface area (Å²) in [5, 5.41) is 11.6. The first kappa shape index (κ1) is 23.3. The summed E-state index contributed by atoms with van der Waals surface area (Å²) >= 11 is 6.52. The number of esters is 1. The number of aromatic hydroxyl groups is 1. The van der Waals surface area contributed by atoms with Gasteiger partial charge in [-0.05, 0) is 111 Å². The maximum Gasteiger partial charge on any atom is 0.330 e. The molecule has 0 spiro atoms. The van der Waals surface area contributed by atoms with Crippen LogP contribution in [0.3, 0.4) is 0 Å². The highest BCUT2D eigenvalue weighted by Crippen LogP contribution is 2.62. The van der Waals surface area contributed by atoms with Gasteiger partial charge < -0.3 is 14.6 Å². The molecular formula is C29H33ClO4. The predicted octanol–water partition coefficient (Wildman–Crippen LogP) is 7.16. The lowest BCUT2D eigenvalue weighted by Gasteiger charge is -2.57. The molecule has 4 saturated carbocycles. The summed E-state index contributed by atoms with van der Waals surface area (Å²) < 4.78 is 11.1. The van der Waals surface area contributed by atoms with E-state index < -0.39 is 5.97 Å². The molecule has 0 aromatic heterocycles. The van der Waals surface area contributed by atoms with Crippen molar-refractivity contribution in [2.45, 2.75) is 57.8 Å². The Morgan fingerprint density at radius 1 is 1.06 bits per heavy atom. The van der Waals surface area contributed by atoms with Crippen LogP contribution in [0.5, 0.6) is 11.5 Å². The van der Waals surface area contributed by atoms with Crippen molar-refractivity contribution in [3.63, 3.8) is 0 Å². The highest BCUT2D eigenvalue weighted by molar-refractivity contribution is 6.31. The van der Waals surface area contributed by atoms with Gasteiger partial charge in [0.25, 0.3) is 0 Å². The Morgan fingerprint density at radius 3 is 2.35 bits per heavy atom. The van der Waals surface area contributed by atoms with Gasteiger partial charge in [0.1, 0.15) is 11.5 Å². The molecule has 34 heavy (non-hydrogen) atoms. The first-order valence-electron chi connectivity index (χ1n) is 12.6. The van der Waals surface area contributed by atoms with E-state index in [1.165, 1.54) is 44.6 Å². The molecular weight excluding hydrogens is 448 g/mol. The molecule has 2 aromatic rings. The van der Waals surface area contributed by atoms with E-state index in [1.54, 1.807) is 19.1 Å². The van der Waals surface area contributed by atoms with E-state index in [0.29, 0.717) is 29.7 Å². The van der Waals surface area contributed by atoms with Crippen LogP contribution in [-0.2, 0) is 14.9 Å². The fraction of sp³-hybridized carbons (Fsp3) is 0.483. The number of carbonyl (C=O) groups is 1. The van der Waals surface area contributed by atoms with Gasteiger partial charge in [-0.2, -0.15) is 0 Å². The maximum absolute atomic E-state index is 11.9. The molecule has 6 rings (SSSR count). The number of hydrogen-bond donors (Lipinski definition) is 1. The van der Waals surface area contributed by atoms with Crippen LogP contribution in [0.25, 0.3) is 17.2 Å². The summed E-state index contributed by atoms with van der Waals surface area (Å²) in [5.41, 5.74) is 3.72. The monoisotopic (exact) mass is 480 g/mol. The Hall–Kier alpha value is -2.46. The zero-order valence-electron chi connectivity index (χ0n) is 20.0. The van der Waals surface area contributed by atoms with Crippen molar-refractivity contribution in [2.75, 3.05) is 13.2 Å². The molecule has 0 aliphatic heterocycles. The van der Waals surface area contributed by atoms with Crippen LogP contribution in [0.1, 0.15) is 63.5 Å². The molecule has 4 fully saturated rings. The number of phenolic OH excluding ortho intramolecular Hbond substituents is 1. The second-order valence-electron chi connectivity index (χ2n) is 10.3. The number of hydrogen-bond acceptors (Lipinski definition) is 4. The third kappa shape index (κ3) is 4.33. The van der Waals surface area contributed by atoms with E-state index in [2.05, 4.69) is 6.07 Å².